The molecule has 0 radical (unpaired) electrons. The first kappa shape index (κ1) is 19.6. The third-order valence-corrected chi connectivity index (χ3v) is 6.13. The SMILES string of the molecule is Cc1ccc(C(=O)N2CC(C(=O)N3CCOCC3)C(c3ccccc3C)C2)cc1. The molecule has 2 aromatic rings. The molecule has 2 aromatic carbocycles. The standard InChI is InChI=1S/C24H28N2O3/c1-17-7-9-19(10-8-17)23(27)26-15-21(20-6-4-3-5-18(20)2)22(16-26)24(28)25-11-13-29-14-12-25/h3-10,21-22H,11-16H2,1-2H3. The van der Waals surface area contributed by atoms with E-state index in [1.807, 2.05) is 53.1 Å². The summed E-state index contributed by atoms with van der Waals surface area (Å²) in [4.78, 5) is 30.3. The summed E-state index contributed by atoms with van der Waals surface area (Å²) < 4.78 is 5.41. The molecule has 152 valence electrons. The van der Waals surface area contributed by atoms with Gasteiger partial charge in [-0.05, 0) is 37.1 Å². The molecule has 0 N–H and O–H groups in total. The van der Waals surface area contributed by atoms with E-state index in [0.29, 0.717) is 45.0 Å². The van der Waals surface area contributed by atoms with Crippen LogP contribution in [0.2, 0.25) is 0 Å². The maximum atomic E-state index is 13.4. The number of nitrogens with zero attached hydrogens (tertiary/aromatic N) is 2. The van der Waals surface area contributed by atoms with E-state index in [0.717, 1.165) is 5.56 Å². The fourth-order valence-electron chi connectivity index (χ4n) is 4.43. The molecule has 2 atom stereocenters. The minimum Gasteiger partial charge on any atom is -0.378 e. The minimum absolute atomic E-state index is 0.000798. The van der Waals surface area contributed by atoms with Crippen molar-refractivity contribution < 1.29 is 14.3 Å². The number of likely N-dealkylation sites (tertiary alicyclic amines) is 1. The van der Waals surface area contributed by atoms with Gasteiger partial charge >= 0.3 is 0 Å². The summed E-state index contributed by atoms with van der Waals surface area (Å²) in [6, 6.07) is 15.9. The van der Waals surface area contributed by atoms with E-state index >= 15 is 0 Å². The first-order valence-electron chi connectivity index (χ1n) is 10.3. The predicted molar refractivity (Wildman–Crippen MR) is 112 cm³/mol. The molecule has 4 rings (SSSR count). The molecule has 0 spiro atoms. The molecule has 2 aliphatic rings. The molecule has 2 unspecified atom stereocenters. The van der Waals surface area contributed by atoms with Gasteiger partial charge in [0.15, 0.2) is 0 Å². The second-order valence-electron chi connectivity index (χ2n) is 8.08. The highest BCUT2D eigenvalue weighted by molar-refractivity contribution is 5.95. The second kappa shape index (κ2) is 8.37. The number of hydrogen-bond acceptors (Lipinski definition) is 3. The van der Waals surface area contributed by atoms with Gasteiger partial charge in [-0.2, -0.15) is 0 Å². The molecule has 2 amide bonds. The van der Waals surface area contributed by atoms with Gasteiger partial charge in [-0.3, -0.25) is 9.59 Å². The molecule has 5 heteroatoms. The van der Waals surface area contributed by atoms with Crippen molar-refractivity contribution in [3.8, 4) is 0 Å². The van der Waals surface area contributed by atoms with E-state index in [4.69, 9.17) is 4.74 Å². The number of morpholine rings is 1. The van der Waals surface area contributed by atoms with Crippen molar-refractivity contribution in [2.75, 3.05) is 39.4 Å². The summed E-state index contributed by atoms with van der Waals surface area (Å²) in [6.07, 6.45) is 0. The Morgan fingerprint density at radius 1 is 0.897 bits per heavy atom. The van der Waals surface area contributed by atoms with Crippen molar-refractivity contribution in [2.24, 2.45) is 5.92 Å². The lowest BCUT2D eigenvalue weighted by molar-refractivity contribution is -0.139. The van der Waals surface area contributed by atoms with Crippen molar-refractivity contribution in [3.63, 3.8) is 0 Å². The maximum absolute atomic E-state index is 13.4. The topological polar surface area (TPSA) is 49.9 Å². The lowest BCUT2D eigenvalue weighted by Crippen LogP contribution is -2.45. The van der Waals surface area contributed by atoms with Crippen molar-refractivity contribution in [2.45, 2.75) is 19.8 Å². The average Bonchev–Trinajstić information content (AvgIpc) is 3.19. The highest BCUT2D eigenvalue weighted by Gasteiger charge is 2.42. The Morgan fingerprint density at radius 3 is 2.28 bits per heavy atom. The second-order valence-corrected chi connectivity index (χ2v) is 8.08. The molecule has 0 aromatic heterocycles. The van der Waals surface area contributed by atoms with Crippen LogP contribution in [0.25, 0.3) is 0 Å². The summed E-state index contributed by atoms with van der Waals surface area (Å²) in [5.74, 6) is -0.0637. The third-order valence-electron chi connectivity index (χ3n) is 6.13. The Kier molecular flexibility index (Phi) is 5.67. The summed E-state index contributed by atoms with van der Waals surface area (Å²) in [6.45, 7) is 7.54. The Hall–Kier alpha value is -2.66. The average molecular weight is 392 g/mol. The molecule has 0 bridgehead atoms. The van der Waals surface area contributed by atoms with Gasteiger partial charge in [-0.1, -0.05) is 42.0 Å². The van der Waals surface area contributed by atoms with Crippen LogP contribution >= 0.6 is 0 Å². The van der Waals surface area contributed by atoms with Gasteiger partial charge in [0.2, 0.25) is 5.91 Å². The van der Waals surface area contributed by atoms with Crippen LogP contribution in [-0.2, 0) is 9.53 Å². The highest BCUT2D eigenvalue weighted by Crippen LogP contribution is 2.36. The van der Waals surface area contributed by atoms with Gasteiger partial charge in [0, 0.05) is 37.7 Å². The van der Waals surface area contributed by atoms with Gasteiger partial charge in [-0.25, -0.2) is 0 Å². The van der Waals surface area contributed by atoms with E-state index in [1.54, 1.807) is 0 Å². The lowest BCUT2D eigenvalue weighted by Gasteiger charge is -2.31. The van der Waals surface area contributed by atoms with Crippen molar-refractivity contribution >= 4 is 11.8 Å². The number of benzene rings is 2. The number of amides is 2. The molecule has 5 nitrogen and oxygen atoms in total. The van der Waals surface area contributed by atoms with E-state index in [9.17, 15) is 9.59 Å². The molecular formula is C24H28N2O3. The van der Waals surface area contributed by atoms with Crippen LogP contribution in [0.4, 0.5) is 0 Å². The number of hydrogen-bond donors (Lipinski definition) is 0. The zero-order valence-corrected chi connectivity index (χ0v) is 17.1. The van der Waals surface area contributed by atoms with Crippen LogP contribution in [0.5, 0.6) is 0 Å². The van der Waals surface area contributed by atoms with Crippen molar-refractivity contribution in [3.05, 3.63) is 70.8 Å². The smallest absolute Gasteiger partial charge is 0.253 e. The van der Waals surface area contributed by atoms with E-state index in [-0.39, 0.29) is 23.7 Å². The van der Waals surface area contributed by atoms with Crippen LogP contribution in [-0.4, -0.2) is 61.0 Å². The van der Waals surface area contributed by atoms with Crippen LogP contribution in [0.15, 0.2) is 48.5 Å². The molecule has 0 aliphatic carbocycles. The summed E-state index contributed by atoms with van der Waals surface area (Å²) in [5.41, 5.74) is 4.14. The van der Waals surface area contributed by atoms with Crippen LogP contribution in [0.1, 0.15) is 33.0 Å². The molecule has 0 saturated carbocycles. The lowest BCUT2D eigenvalue weighted by atomic mass is 9.85. The quantitative estimate of drug-likeness (QED) is 0.807. The molecule has 2 fully saturated rings. The highest BCUT2D eigenvalue weighted by atomic mass is 16.5. The number of carbonyl (C=O) groups is 2. The van der Waals surface area contributed by atoms with E-state index in [2.05, 4.69) is 19.1 Å². The normalized spacial score (nSPS) is 22.0. The molecule has 29 heavy (non-hydrogen) atoms. The van der Waals surface area contributed by atoms with Gasteiger partial charge in [0.1, 0.15) is 0 Å². The summed E-state index contributed by atoms with van der Waals surface area (Å²) in [7, 11) is 0. The summed E-state index contributed by atoms with van der Waals surface area (Å²) in [5, 5.41) is 0. The van der Waals surface area contributed by atoms with Crippen LogP contribution < -0.4 is 0 Å². The van der Waals surface area contributed by atoms with Gasteiger partial charge in [0.25, 0.3) is 5.91 Å². The third kappa shape index (κ3) is 4.06. The van der Waals surface area contributed by atoms with Crippen molar-refractivity contribution in [1.29, 1.82) is 0 Å². The van der Waals surface area contributed by atoms with E-state index in [1.165, 1.54) is 11.1 Å². The summed E-state index contributed by atoms with van der Waals surface area (Å²) >= 11 is 0. The van der Waals surface area contributed by atoms with E-state index < -0.39 is 0 Å². The zero-order valence-electron chi connectivity index (χ0n) is 17.1. The Bertz CT molecular complexity index is 887. The van der Waals surface area contributed by atoms with Crippen LogP contribution in [0, 0.1) is 19.8 Å². The molecule has 2 aliphatic heterocycles. The Balaban J connectivity index is 1.61. The molecular weight excluding hydrogens is 364 g/mol. The van der Waals surface area contributed by atoms with Gasteiger partial charge in [0.05, 0.1) is 19.1 Å². The first-order chi connectivity index (χ1) is 14.0. The first-order valence-corrected chi connectivity index (χ1v) is 10.3. The Morgan fingerprint density at radius 2 is 1.59 bits per heavy atom. The number of rotatable bonds is 3. The zero-order chi connectivity index (χ0) is 20.4. The van der Waals surface area contributed by atoms with Gasteiger partial charge in [-0.15, -0.1) is 0 Å². The fraction of sp³-hybridized carbons (Fsp3) is 0.417. The number of aryl methyl sites for hydroxylation is 2. The monoisotopic (exact) mass is 392 g/mol. The molecule has 2 saturated heterocycles. The van der Waals surface area contributed by atoms with Gasteiger partial charge < -0.3 is 14.5 Å². The number of ether oxygens (including phenoxy) is 1. The molecule has 2 heterocycles. The predicted octanol–water partition coefficient (Wildman–Crippen LogP) is 3.02. The minimum atomic E-state index is -0.219. The Labute approximate surface area is 172 Å². The fourth-order valence-corrected chi connectivity index (χ4v) is 4.43. The largest absolute Gasteiger partial charge is 0.378 e. The maximum Gasteiger partial charge on any atom is 0.253 e. The number of carbonyl (C=O) groups excluding carboxylic acids is 2. The van der Waals surface area contributed by atoms with Crippen LogP contribution in [0.3, 0.4) is 0 Å². The van der Waals surface area contributed by atoms with Crippen molar-refractivity contribution in [1.82, 2.24) is 9.80 Å².